The number of anilines is 1. The van der Waals surface area contributed by atoms with E-state index >= 15 is 0 Å². The van der Waals surface area contributed by atoms with Gasteiger partial charge in [-0.15, -0.1) is 0 Å². The molecule has 0 aliphatic carbocycles. The molecule has 0 fully saturated rings. The minimum Gasteiger partial charge on any atom is -0.398 e. The molecule has 0 radical (unpaired) electrons. The maximum absolute atomic E-state index is 13.1. The highest BCUT2D eigenvalue weighted by Crippen LogP contribution is 2.26. The third-order valence-electron chi connectivity index (χ3n) is 2.33. The molecule has 0 aliphatic heterocycles. The number of nitrogens with one attached hydrogen (secondary N) is 1. The summed E-state index contributed by atoms with van der Waals surface area (Å²) in [6.07, 6.45) is 0.824. The second-order valence-electron chi connectivity index (χ2n) is 4.12. The normalized spacial score (nSPS) is 13.1. The quantitative estimate of drug-likeness (QED) is 0.405. The van der Waals surface area contributed by atoms with E-state index in [1.54, 1.807) is 6.07 Å². The number of hydrogen-bond donors (Lipinski definition) is 3. The third kappa shape index (κ3) is 3.18. The van der Waals surface area contributed by atoms with Crippen molar-refractivity contribution >= 4 is 5.69 Å². The van der Waals surface area contributed by atoms with Crippen molar-refractivity contribution in [1.29, 1.82) is 0 Å². The molecule has 1 rings (SSSR count). The van der Waals surface area contributed by atoms with E-state index in [4.69, 9.17) is 11.6 Å². The fourth-order valence-corrected chi connectivity index (χ4v) is 1.60. The van der Waals surface area contributed by atoms with Gasteiger partial charge in [-0.25, -0.2) is 4.39 Å². The number of nitrogens with two attached hydrogens (primary N) is 2. The first-order chi connectivity index (χ1) is 7.04. The predicted molar refractivity (Wildman–Crippen MR) is 60.3 cm³/mol. The van der Waals surface area contributed by atoms with E-state index in [1.807, 2.05) is 0 Å². The molecule has 0 aliphatic rings. The van der Waals surface area contributed by atoms with E-state index in [-0.39, 0.29) is 11.9 Å². The SMILES string of the molecule is CC(C)CC(NN)c1cc(F)ccc1N. The maximum atomic E-state index is 13.1. The number of hydrogen-bond acceptors (Lipinski definition) is 3. The number of benzene rings is 1. The number of halogens is 1. The van der Waals surface area contributed by atoms with Crippen LogP contribution in [0.1, 0.15) is 31.9 Å². The summed E-state index contributed by atoms with van der Waals surface area (Å²) in [6, 6.07) is 4.25. The molecule has 0 amide bonds. The summed E-state index contributed by atoms with van der Waals surface area (Å²) in [4.78, 5) is 0. The molecular formula is C11H18FN3. The third-order valence-corrected chi connectivity index (χ3v) is 2.33. The largest absolute Gasteiger partial charge is 0.398 e. The molecule has 3 nitrogen and oxygen atoms in total. The lowest BCUT2D eigenvalue weighted by Crippen LogP contribution is -2.29. The molecule has 1 aromatic rings. The molecule has 1 aromatic carbocycles. The Morgan fingerprint density at radius 3 is 2.60 bits per heavy atom. The highest BCUT2D eigenvalue weighted by Gasteiger charge is 2.14. The number of rotatable bonds is 4. The van der Waals surface area contributed by atoms with Crippen LogP contribution in [0.5, 0.6) is 0 Å². The van der Waals surface area contributed by atoms with Gasteiger partial charge >= 0.3 is 0 Å². The molecule has 0 saturated carbocycles. The summed E-state index contributed by atoms with van der Waals surface area (Å²) in [5.41, 5.74) is 9.75. The maximum Gasteiger partial charge on any atom is 0.123 e. The van der Waals surface area contributed by atoms with Gasteiger partial charge in [0.15, 0.2) is 0 Å². The van der Waals surface area contributed by atoms with Crippen LogP contribution in [0, 0.1) is 11.7 Å². The van der Waals surface area contributed by atoms with Crippen molar-refractivity contribution in [2.75, 3.05) is 5.73 Å². The van der Waals surface area contributed by atoms with Gasteiger partial charge in [0, 0.05) is 11.7 Å². The van der Waals surface area contributed by atoms with Gasteiger partial charge in [0.2, 0.25) is 0 Å². The summed E-state index contributed by atoms with van der Waals surface area (Å²) >= 11 is 0. The van der Waals surface area contributed by atoms with Crippen molar-refractivity contribution in [3.8, 4) is 0 Å². The van der Waals surface area contributed by atoms with Crippen LogP contribution in [0.2, 0.25) is 0 Å². The predicted octanol–water partition coefficient (Wildman–Crippen LogP) is 1.96. The highest BCUT2D eigenvalue weighted by molar-refractivity contribution is 5.48. The molecule has 5 N–H and O–H groups in total. The van der Waals surface area contributed by atoms with Gasteiger partial charge in [0.1, 0.15) is 5.82 Å². The molecule has 1 unspecified atom stereocenters. The van der Waals surface area contributed by atoms with Crippen molar-refractivity contribution in [2.45, 2.75) is 26.3 Å². The van der Waals surface area contributed by atoms with E-state index in [0.29, 0.717) is 11.6 Å². The molecule has 0 bridgehead atoms. The van der Waals surface area contributed by atoms with Crippen molar-refractivity contribution in [2.24, 2.45) is 11.8 Å². The van der Waals surface area contributed by atoms with E-state index < -0.39 is 0 Å². The molecule has 4 heteroatoms. The Bertz CT molecular complexity index is 326. The summed E-state index contributed by atoms with van der Waals surface area (Å²) in [7, 11) is 0. The van der Waals surface area contributed by atoms with Crippen LogP contribution < -0.4 is 17.0 Å². The first kappa shape index (κ1) is 11.9. The lowest BCUT2D eigenvalue weighted by atomic mass is 9.96. The Labute approximate surface area is 89.6 Å². The smallest absolute Gasteiger partial charge is 0.123 e. The van der Waals surface area contributed by atoms with Crippen LogP contribution in [-0.2, 0) is 0 Å². The van der Waals surface area contributed by atoms with Crippen LogP contribution in [-0.4, -0.2) is 0 Å². The van der Waals surface area contributed by atoms with Crippen molar-refractivity contribution in [3.05, 3.63) is 29.6 Å². The first-order valence-corrected chi connectivity index (χ1v) is 5.05. The lowest BCUT2D eigenvalue weighted by molar-refractivity contribution is 0.437. The topological polar surface area (TPSA) is 64.1 Å². The van der Waals surface area contributed by atoms with Gasteiger partial charge in [0.05, 0.1) is 0 Å². The molecule has 1 atom stereocenters. The number of hydrazine groups is 1. The first-order valence-electron chi connectivity index (χ1n) is 5.05. The van der Waals surface area contributed by atoms with Gasteiger partial charge in [-0.1, -0.05) is 13.8 Å². The van der Waals surface area contributed by atoms with Gasteiger partial charge in [-0.05, 0) is 36.1 Å². The second kappa shape index (κ2) is 5.09. The average Bonchev–Trinajstić information content (AvgIpc) is 2.18. The summed E-state index contributed by atoms with van der Waals surface area (Å²) in [5, 5.41) is 0. The Kier molecular flexibility index (Phi) is 4.05. The summed E-state index contributed by atoms with van der Waals surface area (Å²) < 4.78 is 13.1. The fourth-order valence-electron chi connectivity index (χ4n) is 1.60. The Morgan fingerprint density at radius 1 is 1.40 bits per heavy atom. The highest BCUT2D eigenvalue weighted by atomic mass is 19.1. The molecular weight excluding hydrogens is 193 g/mol. The zero-order valence-electron chi connectivity index (χ0n) is 9.13. The van der Waals surface area contributed by atoms with Crippen molar-refractivity contribution < 1.29 is 4.39 Å². The zero-order valence-corrected chi connectivity index (χ0v) is 9.13. The van der Waals surface area contributed by atoms with E-state index in [0.717, 1.165) is 12.0 Å². The van der Waals surface area contributed by atoms with Crippen LogP contribution in [0.4, 0.5) is 10.1 Å². The van der Waals surface area contributed by atoms with Crippen LogP contribution in [0.15, 0.2) is 18.2 Å². The second-order valence-corrected chi connectivity index (χ2v) is 4.12. The van der Waals surface area contributed by atoms with Gasteiger partial charge in [-0.3, -0.25) is 11.3 Å². The minimum absolute atomic E-state index is 0.0966. The Morgan fingerprint density at radius 2 is 2.07 bits per heavy atom. The summed E-state index contributed by atoms with van der Waals surface area (Å²) in [6.45, 7) is 4.17. The van der Waals surface area contributed by atoms with Crippen LogP contribution in [0.25, 0.3) is 0 Å². The van der Waals surface area contributed by atoms with Crippen LogP contribution in [0.3, 0.4) is 0 Å². The molecule has 0 saturated heterocycles. The van der Waals surface area contributed by atoms with Crippen molar-refractivity contribution in [1.82, 2.24) is 5.43 Å². The van der Waals surface area contributed by atoms with Crippen LogP contribution >= 0.6 is 0 Å². The van der Waals surface area contributed by atoms with Gasteiger partial charge < -0.3 is 5.73 Å². The molecule has 15 heavy (non-hydrogen) atoms. The van der Waals surface area contributed by atoms with Gasteiger partial charge in [0.25, 0.3) is 0 Å². The van der Waals surface area contributed by atoms with E-state index in [1.165, 1.54) is 12.1 Å². The Hall–Kier alpha value is -1.13. The molecule has 0 heterocycles. The minimum atomic E-state index is -0.289. The zero-order chi connectivity index (χ0) is 11.4. The number of nitrogen functional groups attached to an aromatic ring is 1. The van der Waals surface area contributed by atoms with E-state index in [2.05, 4.69) is 19.3 Å². The molecule has 0 spiro atoms. The van der Waals surface area contributed by atoms with Gasteiger partial charge in [-0.2, -0.15) is 0 Å². The summed E-state index contributed by atoms with van der Waals surface area (Å²) in [5.74, 6) is 5.62. The Balaban J connectivity index is 2.95. The van der Waals surface area contributed by atoms with E-state index in [9.17, 15) is 4.39 Å². The standard InChI is InChI=1S/C11H18FN3/c1-7(2)5-11(15-14)9-6-8(12)3-4-10(9)13/h3-4,6-7,11,15H,5,13-14H2,1-2H3. The molecule has 84 valence electrons. The lowest BCUT2D eigenvalue weighted by Gasteiger charge is -2.20. The monoisotopic (exact) mass is 211 g/mol. The molecule has 0 aromatic heterocycles. The van der Waals surface area contributed by atoms with Crippen molar-refractivity contribution in [3.63, 3.8) is 0 Å². The average molecular weight is 211 g/mol. The fraction of sp³-hybridized carbons (Fsp3) is 0.455.